The van der Waals surface area contributed by atoms with Crippen molar-refractivity contribution >= 4 is 17.1 Å². The van der Waals surface area contributed by atoms with Gasteiger partial charge in [0.2, 0.25) is 0 Å². The second-order valence-electron chi connectivity index (χ2n) is 4.09. The monoisotopic (exact) mass is 224 g/mol. The maximum atomic E-state index is 11.3. The molecule has 1 atom stereocenters. The van der Waals surface area contributed by atoms with E-state index in [1.165, 1.54) is 5.01 Å². The zero-order valence-corrected chi connectivity index (χ0v) is 9.80. The van der Waals surface area contributed by atoms with Crippen LogP contribution < -0.4 is 0 Å². The van der Waals surface area contributed by atoms with Crippen LogP contribution in [0.2, 0.25) is 0 Å². The van der Waals surface area contributed by atoms with Gasteiger partial charge in [0.25, 0.3) is 0 Å². The minimum atomic E-state index is 0.218. The Balaban J connectivity index is 1.78. The highest BCUT2D eigenvalue weighted by Gasteiger charge is 2.22. The zero-order valence-electron chi connectivity index (χ0n) is 8.98. The van der Waals surface area contributed by atoms with Crippen molar-refractivity contribution in [1.82, 2.24) is 9.88 Å². The summed E-state index contributed by atoms with van der Waals surface area (Å²) in [5.41, 5.74) is 0. The summed E-state index contributed by atoms with van der Waals surface area (Å²) in [6, 6.07) is 0. The molecule has 1 fully saturated rings. The van der Waals surface area contributed by atoms with Crippen LogP contribution in [0.25, 0.3) is 0 Å². The average molecular weight is 224 g/mol. The normalized spacial score (nSPS) is 23.3. The lowest BCUT2D eigenvalue weighted by molar-refractivity contribution is -0.125. The van der Waals surface area contributed by atoms with Crippen molar-refractivity contribution in [2.24, 2.45) is 5.92 Å². The van der Waals surface area contributed by atoms with Gasteiger partial charge in [-0.1, -0.05) is 6.92 Å². The molecule has 1 aromatic rings. The van der Waals surface area contributed by atoms with Crippen molar-refractivity contribution in [1.29, 1.82) is 0 Å². The highest BCUT2D eigenvalue weighted by molar-refractivity contribution is 7.09. The lowest BCUT2D eigenvalue weighted by atomic mass is 9.98. The van der Waals surface area contributed by atoms with Gasteiger partial charge in [-0.05, 0) is 0 Å². The molecular formula is C11H16N2OS. The fourth-order valence-electron chi connectivity index (χ4n) is 1.93. The van der Waals surface area contributed by atoms with Crippen LogP contribution in [0.3, 0.4) is 0 Å². The number of carbonyl (C=O) groups is 1. The van der Waals surface area contributed by atoms with Crippen molar-refractivity contribution in [3.8, 4) is 0 Å². The van der Waals surface area contributed by atoms with E-state index in [9.17, 15) is 4.79 Å². The third-order valence-corrected chi connectivity index (χ3v) is 3.72. The molecule has 0 aromatic carbocycles. The summed E-state index contributed by atoms with van der Waals surface area (Å²) in [5, 5.41) is 3.21. The van der Waals surface area contributed by atoms with Crippen LogP contribution in [0.4, 0.5) is 0 Å². The van der Waals surface area contributed by atoms with Gasteiger partial charge in [-0.3, -0.25) is 4.79 Å². The molecule has 0 saturated carbocycles. The van der Waals surface area contributed by atoms with Gasteiger partial charge in [-0.2, -0.15) is 0 Å². The SMILES string of the molecule is CC1CN(CCc2nccs2)CCC1=O. The molecule has 1 aliphatic heterocycles. The Labute approximate surface area is 94.1 Å². The molecule has 0 radical (unpaired) electrons. The predicted octanol–water partition coefficient (Wildman–Crippen LogP) is 1.60. The number of nitrogens with zero attached hydrogens (tertiary/aromatic N) is 2. The van der Waals surface area contributed by atoms with Gasteiger partial charge in [0.15, 0.2) is 0 Å². The largest absolute Gasteiger partial charge is 0.302 e. The van der Waals surface area contributed by atoms with Crippen LogP contribution in [-0.4, -0.2) is 35.3 Å². The number of hydrogen-bond acceptors (Lipinski definition) is 4. The van der Waals surface area contributed by atoms with Gasteiger partial charge in [0.05, 0.1) is 5.01 Å². The first-order chi connectivity index (χ1) is 7.25. The Morgan fingerprint density at radius 1 is 1.67 bits per heavy atom. The molecule has 1 saturated heterocycles. The number of thiazole rings is 1. The van der Waals surface area contributed by atoms with E-state index in [1.807, 2.05) is 18.5 Å². The number of hydrogen-bond donors (Lipinski definition) is 0. The summed E-state index contributed by atoms with van der Waals surface area (Å²) < 4.78 is 0. The van der Waals surface area contributed by atoms with Crippen LogP contribution in [0, 0.1) is 5.92 Å². The summed E-state index contributed by atoms with van der Waals surface area (Å²) in [7, 11) is 0. The summed E-state index contributed by atoms with van der Waals surface area (Å²) >= 11 is 1.71. The fourth-order valence-corrected chi connectivity index (χ4v) is 2.54. The number of Topliss-reactive ketones (excluding diaryl/α,β-unsaturated/α-hetero) is 1. The topological polar surface area (TPSA) is 33.2 Å². The zero-order chi connectivity index (χ0) is 10.7. The molecule has 1 aromatic heterocycles. The first-order valence-corrected chi connectivity index (χ1v) is 6.27. The smallest absolute Gasteiger partial charge is 0.138 e. The maximum absolute atomic E-state index is 11.3. The molecule has 0 N–H and O–H groups in total. The standard InChI is InChI=1S/C11H16N2OS/c1-9-8-13(5-2-10(9)14)6-3-11-12-4-7-15-11/h4,7,9H,2-3,5-6,8H2,1H3. The minimum Gasteiger partial charge on any atom is -0.302 e. The van der Waals surface area contributed by atoms with Crippen LogP contribution in [0.5, 0.6) is 0 Å². The van der Waals surface area contributed by atoms with Crippen molar-refractivity contribution in [2.45, 2.75) is 19.8 Å². The van der Waals surface area contributed by atoms with Gasteiger partial charge in [-0.15, -0.1) is 11.3 Å². The van der Waals surface area contributed by atoms with Gasteiger partial charge in [-0.25, -0.2) is 4.98 Å². The fraction of sp³-hybridized carbons (Fsp3) is 0.636. The third-order valence-electron chi connectivity index (χ3n) is 2.88. The third kappa shape index (κ3) is 2.86. The molecule has 15 heavy (non-hydrogen) atoms. The van der Waals surface area contributed by atoms with Crippen LogP contribution >= 0.6 is 11.3 Å². The molecule has 2 heterocycles. The lowest BCUT2D eigenvalue weighted by Crippen LogP contribution is -2.40. The Morgan fingerprint density at radius 2 is 2.53 bits per heavy atom. The van der Waals surface area contributed by atoms with Gasteiger partial charge >= 0.3 is 0 Å². The summed E-state index contributed by atoms with van der Waals surface area (Å²) in [5.74, 6) is 0.635. The summed E-state index contributed by atoms with van der Waals surface area (Å²) in [4.78, 5) is 18.0. The van der Waals surface area contributed by atoms with Gasteiger partial charge < -0.3 is 4.90 Å². The van der Waals surface area contributed by atoms with Crippen LogP contribution in [0.15, 0.2) is 11.6 Å². The summed E-state index contributed by atoms with van der Waals surface area (Å²) in [6.45, 7) is 4.90. The molecule has 1 unspecified atom stereocenters. The predicted molar refractivity (Wildman–Crippen MR) is 61.0 cm³/mol. The number of aromatic nitrogens is 1. The molecule has 0 amide bonds. The van der Waals surface area contributed by atoms with Gasteiger partial charge in [0, 0.05) is 50.0 Å². The highest BCUT2D eigenvalue weighted by Crippen LogP contribution is 2.13. The Hall–Kier alpha value is -0.740. The van der Waals surface area contributed by atoms with E-state index in [-0.39, 0.29) is 5.92 Å². The maximum Gasteiger partial charge on any atom is 0.138 e. The molecule has 4 heteroatoms. The van der Waals surface area contributed by atoms with E-state index in [0.717, 1.165) is 32.5 Å². The lowest BCUT2D eigenvalue weighted by Gasteiger charge is -2.29. The molecule has 1 aliphatic rings. The van der Waals surface area contributed by atoms with Crippen LogP contribution in [0.1, 0.15) is 18.4 Å². The van der Waals surface area contributed by atoms with Crippen molar-refractivity contribution in [3.63, 3.8) is 0 Å². The Bertz CT molecular complexity index is 323. The van der Waals surface area contributed by atoms with Crippen molar-refractivity contribution in [2.75, 3.05) is 19.6 Å². The minimum absolute atomic E-state index is 0.218. The van der Waals surface area contributed by atoms with Gasteiger partial charge in [0.1, 0.15) is 5.78 Å². The first kappa shape index (κ1) is 10.8. The number of ketones is 1. The van der Waals surface area contributed by atoms with Crippen molar-refractivity contribution in [3.05, 3.63) is 16.6 Å². The quantitative estimate of drug-likeness (QED) is 0.782. The Kier molecular flexibility index (Phi) is 3.49. The van der Waals surface area contributed by atoms with Crippen LogP contribution in [-0.2, 0) is 11.2 Å². The first-order valence-electron chi connectivity index (χ1n) is 5.39. The number of carbonyl (C=O) groups excluding carboxylic acids is 1. The molecule has 2 rings (SSSR count). The summed E-state index contributed by atoms with van der Waals surface area (Å²) in [6.07, 6.45) is 3.58. The highest BCUT2D eigenvalue weighted by atomic mass is 32.1. The molecule has 82 valence electrons. The second kappa shape index (κ2) is 4.86. The molecular weight excluding hydrogens is 208 g/mol. The van der Waals surface area contributed by atoms with Crippen molar-refractivity contribution < 1.29 is 4.79 Å². The average Bonchev–Trinajstić information content (AvgIpc) is 2.73. The molecule has 0 spiro atoms. The molecule has 0 bridgehead atoms. The van der Waals surface area contributed by atoms with E-state index >= 15 is 0 Å². The Morgan fingerprint density at radius 3 is 3.20 bits per heavy atom. The van der Waals surface area contributed by atoms with E-state index in [1.54, 1.807) is 11.3 Å². The molecule has 0 aliphatic carbocycles. The second-order valence-corrected chi connectivity index (χ2v) is 5.07. The van der Waals surface area contributed by atoms with E-state index in [4.69, 9.17) is 0 Å². The number of rotatable bonds is 3. The number of piperidine rings is 1. The van der Waals surface area contributed by atoms with E-state index in [0.29, 0.717) is 5.78 Å². The van der Waals surface area contributed by atoms with E-state index in [2.05, 4.69) is 9.88 Å². The van der Waals surface area contributed by atoms with E-state index < -0.39 is 0 Å². The number of likely N-dealkylation sites (tertiary alicyclic amines) is 1. The molecule has 3 nitrogen and oxygen atoms in total.